The molecule has 0 aliphatic rings. The number of nitrogens with zero attached hydrogens (tertiary/aromatic N) is 2. The summed E-state index contributed by atoms with van der Waals surface area (Å²) in [6.07, 6.45) is -4.78. The number of aryl methyl sites for hydroxylation is 2. The van der Waals surface area contributed by atoms with Crippen LogP contribution in [0.15, 0.2) is 29.3 Å². The number of nitrogens with two attached hydrogens (primary N) is 1. The number of para-hydroxylation sites is 2. The molecular weight excluding hydrogens is 456 g/mol. The van der Waals surface area contributed by atoms with Crippen molar-refractivity contribution in [3.63, 3.8) is 0 Å². The topological polar surface area (TPSA) is 72.5 Å². The number of hydrogen-bond acceptors (Lipinski definition) is 4. The first kappa shape index (κ1) is 20.5. The lowest BCUT2D eigenvalue weighted by atomic mass is 10.3. The Balaban J connectivity index is 0.00000288. The Bertz CT molecular complexity index is 699. The number of alkyl halides is 3. The lowest BCUT2D eigenvalue weighted by Gasteiger charge is -2.13. The van der Waals surface area contributed by atoms with Gasteiger partial charge in [-0.15, -0.1) is 48.5 Å². The van der Waals surface area contributed by atoms with E-state index in [0.29, 0.717) is 0 Å². The number of halogens is 4. The molecule has 0 saturated carbocycles. The van der Waals surface area contributed by atoms with Crippen LogP contribution in [0.25, 0.3) is 0 Å². The summed E-state index contributed by atoms with van der Waals surface area (Å²) in [4.78, 5) is 9.47. The average molecular weight is 472 g/mol. The quantitative estimate of drug-likeness (QED) is 0.398. The molecule has 1 heterocycles. The summed E-state index contributed by atoms with van der Waals surface area (Å²) >= 11 is 1.50. The summed E-state index contributed by atoms with van der Waals surface area (Å²) in [5.41, 5.74) is 6.72. The number of hydrogen-bond donors (Lipinski definition) is 2. The molecule has 3 N–H and O–H groups in total. The molecule has 0 aliphatic heterocycles. The molecule has 2 rings (SSSR count). The first-order valence-electron chi connectivity index (χ1n) is 6.59. The van der Waals surface area contributed by atoms with Gasteiger partial charge in [0.25, 0.3) is 0 Å². The Labute approximate surface area is 158 Å². The average Bonchev–Trinajstić information content (AvgIpc) is 2.76. The third-order valence-corrected chi connectivity index (χ3v) is 3.89. The van der Waals surface area contributed by atoms with Crippen molar-refractivity contribution in [2.24, 2.45) is 10.7 Å². The predicted octanol–water partition coefficient (Wildman–Crippen LogP) is 4.20. The smallest absolute Gasteiger partial charge is 0.404 e. The number of thiazole rings is 1. The van der Waals surface area contributed by atoms with Gasteiger partial charge in [-0.05, 0) is 26.0 Å². The molecule has 0 amide bonds. The number of rotatable bonds is 4. The van der Waals surface area contributed by atoms with Crippen LogP contribution in [0.1, 0.15) is 15.6 Å². The Hall–Kier alpha value is -1.56. The van der Waals surface area contributed by atoms with E-state index < -0.39 is 6.36 Å². The largest absolute Gasteiger partial charge is 0.573 e. The minimum atomic E-state index is -4.78. The van der Waals surface area contributed by atoms with Crippen LogP contribution >= 0.6 is 35.3 Å². The Morgan fingerprint density at radius 1 is 1.33 bits per heavy atom. The summed E-state index contributed by atoms with van der Waals surface area (Å²) in [5.74, 6) is -0.396. The number of anilines is 1. The van der Waals surface area contributed by atoms with Gasteiger partial charge in [0.2, 0.25) is 0 Å². The molecule has 0 radical (unpaired) electrons. The lowest BCUT2D eigenvalue weighted by Crippen LogP contribution is -2.24. The number of benzene rings is 1. The van der Waals surface area contributed by atoms with E-state index in [-0.39, 0.29) is 47.9 Å². The van der Waals surface area contributed by atoms with Gasteiger partial charge in [-0.1, -0.05) is 12.1 Å². The van der Waals surface area contributed by atoms with E-state index in [4.69, 9.17) is 5.73 Å². The second kappa shape index (κ2) is 8.51. The Morgan fingerprint density at radius 3 is 2.58 bits per heavy atom. The molecule has 1 aromatic carbocycles. The van der Waals surface area contributed by atoms with Gasteiger partial charge in [0.1, 0.15) is 5.01 Å². The highest BCUT2D eigenvalue weighted by Gasteiger charge is 2.32. The molecule has 10 heteroatoms. The summed E-state index contributed by atoms with van der Waals surface area (Å²) in [7, 11) is 0. The van der Waals surface area contributed by atoms with Gasteiger partial charge in [-0.2, -0.15) is 0 Å². The van der Waals surface area contributed by atoms with Gasteiger partial charge in [-0.3, -0.25) is 0 Å². The van der Waals surface area contributed by atoms with Crippen molar-refractivity contribution in [3.8, 4) is 5.75 Å². The summed E-state index contributed by atoms with van der Waals surface area (Å²) in [6.45, 7) is 4.10. The normalized spacial score (nSPS) is 11.8. The summed E-state index contributed by atoms with van der Waals surface area (Å²) in [5, 5.41) is 3.39. The minimum absolute atomic E-state index is 0. The first-order valence-corrected chi connectivity index (χ1v) is 7.41. The standard InChI is InChI=1S/C14H15F3N4OS.HI/c1-8-9(2)23-12(20-8)7-19-13(18)21-10-5-3-4-6-11(10)22-14(15,16)17;/h3-6H,7H2,1-2H3,(H3,18,19,21);1H. The number of aromatic nitrogens is 1. The third kappa shape index (κ3) is 6.15. The van der Waals surface area contributed by atoms with Crippen LogP contribution in [0.2, 0.25) is 0 Å². The molecule has 0 unspecified atom stereocenters. The first-order chi connectivity index (χ1) is 10.7. The van der Waals surface area contributed by atoms with Crippen LogP contribution in [0.3, 0.4) is 0 Å². The molecule has 0 aliphatic carbocycles. The van der Waals surface area contributed by atoms with Crippen molar-refractivity contribution in [2.45, 2.75) is 26.8 Å². The highest BCUT2D eigenvalue weighted by molar-refractivity contribution is 14.0. The SMILES string of the molecule is Cc1nc(CN=C(N)Nc2ccccc2OC(F)(F)F)sc1C.I. The van der Waals surface area contributed by atoms with E-state index in [2.05, 4.69) is 20.0 Å². The maximum Gasteiger partial charge on any atom is 0.573 e. The second-order valence-electron chi connectivity index (χ2n) is 4.62. The fraction of sp³-hybridized carbons (Fsp3) is 0.286. The molecule has 5 nitrogen and oxygen atoms in total. The van der Waals surface area contributed by atoms with Crippen molar-refractivity contribution in [2.75, 3.05) is 5.32 Å². The van der Waals surface area contributed by atoms with Crippen molar-refractivity contribution in [1.29, 1.82) is 0 Å². The molecule has 0 bridgehead atoms. The van der Waals surface area contributed by atoms with Crippen LogP contribution in [-0.4, -0.2) is 17.3 Å². The van der Waals surface area contributed by atoms with Gasteiger partial charge < -0.3 is 15.8 Å². The van der Waals surface area contributed by atoms with Gasteiger partial charge in [0.05, 0.1) is 17.9 Å². The molecule has 2 aromatic rings. The zero-order valence-corrected chi connectivity index (χ0v) is 16.0. The maximum absolute atomic E-state index is 12.3. The third-order valence-electron chi connectivity index (χ3n) is 2.83. The highest BCUT2D eigenvalue weighted by atomic mass is 127. The molecule has 0 atom stereocenters. The van der Waals surface area contributed by atoms with Crippen LogP contribution in [0, 0.1) is 13.8 Å². The second-order valence-corrected chi connectivity index (χ2v) is 5.91. The lowest BCUT2D eigenvalue weighted by molar-refractivity contribution is -0.274. The fourth-order valence-electron chi connectivity index (χ4n) is 1.72. The Kier molecular flexibility index (Phi) is 7.27. The van der Waals surface area contributed by atoms with Crippen LogP contribution in [0.4, 0.5) is 18.9 Å². The number of guanidine groups is 1. The van der Waals surface area contributed by atoms with Gasteiger partial charge >= 0.3 is 6.36 Å². The number of nitrogens with one attached hydrogen (secondary N) is 1. The molecule has 0 fully saturated rings. The van der Waals surface area contributed by atoms with Crippen LogP contribution < -0.4 is 15.8 Å². The van der Waals surface area contributed by atoms with E-state index in [1.54, 1.807) is 6.07 Å². The molecule has 0 saturated heterocycles. The number of aliphatic imine (C=N–C) groups is 1. The molecular formula is C14H16F3IN4OS. The summed E-state index contributed by atoms with van der Waals surface area (Å²) < 4.78 is 41.0. The van der Waals surface area contributed by atoms with Gasteiger partial charge in [0, 0.05) is 4.88 Å². The molecule has 24 heavy (non-hydrogen) atoms. The minimum Gasteiger partial charge on any atom is -0.404 e. The van der Waals surface area contributed by atoms with Crippen molar-refractivity contribution >= 4 is 47.0 Å². The zero-order valence-electron chi connectivity index (χ0n) is 12.8. The van der Waals surface area contributed by atoms with Crippen molar-refractivity contribution < 1.29 is 17.9 Å². The van der Waals surface area contributed by atoms with E-state index >= 15 is 0 Å². The maximum atomic E-state index is 12.3. The number of ether oxygens (including phenoxy) is 1. The Morgan fingerprint density at radius 2 is 2.00 bits per heavy atom. The van der Waals surface area contributed by atoms with Gasteiger partial charge in [0.15, 0.2) is 11.7 Å². The fourth-order valence-corrected chi connectivity index (χ4v) is 2.58. The van der Waals surface area contributed by atoms with Crippen LogP contribution in [-0.2, 0) is 6.54 Å². The summed E-state index contributed by atoms with van der Waals surface area (Å²) in [6, 6.07) is 5.60. The van der Waals surface area contributed by atoms with E-state index in [1.807, 2.05) is 13.8 Å². The predicted molar refractivity (Wildman–Crippen MR) is 99.1 cm³/mol. The van der Waals surface area contributed by atoms with E-state index in [1.165, 1.54) is 29.5 Å². The van der Waals surface area contributed by atoms with E-state index in [9.17, 15) is 13.2 Å². The molecule has 0 spiro atoms. The molecule has 132 valence electrons. The molecule has 1 aromatic heterocycles. The zero-order chi connectivity index (χ0) is 17.0. The van der Waals surface area contributed by atoms with Crippen molar-refractivity contribution in [3.05, 3.63) is 39.8 Å². The van der Waals surface area contributed by atoms with Crippen molar-refractivity contribution in [1.82, 2.24) is 4.98 Å². The van der Waals surface area contributed by atoms with Gasteiger partial charge in [-0.25, -0.2) is 9.98 Å². The highest BCUT2D eigenvalue weighted by Crippen LogP contribution is 2.29. The monoisotopic (exact) mass is 472 g/mol. The van der Waals surface area contributed by atoms with E-state index in [0.717, 1.165) is 15.6 Å². The van der Waals surface area contributed by atoms with Crippen LogP contribution in [0.5, 0.6) is 5.75 Å².